The molecule has 2 aromatic rings. The highest BCUT2D eigenvalue weighted by Crippen LogP contribution is 2.11. The molecule has 1 amide bonds. The fourth-order valence-electron chi connectivity index (χ4n) is 2.26. The zero-order valence-corrected chi connectivity index (χ0v) is 12.5. The Bertz CT molecular complexity index is 635. The molecule has 0 bridgehead atoms. The monoisotopic (exact) mass is 283 g/mol. The molecule has 0 aromatic heterocycles. The molecule has 0 heterocycles. The summed E-state index contributed by atoms with van der Waals surface area (Å²) in [6.45, 7) is 4.55. The SMILES string of the molecule is Cc1ccc(C)c(CC(=O)NCc2cccc(CO)c2)c1. The lowest BCUT2D eigenvalue weighted by atomic mass is 10.0. The highest BCUT2D eigenvalue weighted by atomic mass is 16.3. The number of benzene rings is 2. The van der Waals surface area contributed by atoms with Crippen molar-refractivity contribution in [2.75, 3.05) is 0 Å². The number of rotatable bonds is 5. The molecule has 0 spiro atoms. The standard InChI is InChI=1S/C18H21NO2/c1-13-6-7-14(2)17(8-13)10-18(21)19-11-15-4-3-5-16(9-15)12-20/h3-9,20H,10-12H2,1-2H3,(H,19,21). The number of amides is 1. The van der Waals surface area contributed by atoms with E-state index in [0.29, 0.717) is 13.0 Å². The number of aliphatic hydroxyl groups excluding tert-OH is 1. The zero-order valence-electron chi connectivity index (χ0n) is 12.5. The lowest BCUT2D eigenvalue weighted by molar-refractivity contribution is -0.120. The van der Waals surface area contributed by atoms with Crippen molar-refractivity contribution < 1.29 is 9.90 Å². The molecule has 2 N–H and O–H groups in total. The maximum atomic E-state index is 12.0. The number of carbonyl (C=O) groups is 1. The van der Waals surface area contributed by atoms with E-state index in [-0.39, 0.29) is 12.5 Å². The van der Waals surface area contributed by atoms with Crippen molar-refractivity contribution >= 4 is 5.91 Å². The van der Waals surface area contributed by atoms with E-state index in [4.69, 9.17) is 5.11 Å². The van der Waals surface area contributed by atoms with E-state index in [0.717, 1.165) is 22.3 Å². The second-order valence-electron chi connectivity index (χ2n) is 5.36. The Kier molecular flexibility index (Phi) is 5.12. The van der Waals surface area contributed by atoms with Crippen molar-refractivity contribution in [3.8, 4) is 0 Å². The number of hydrogen-bond acceptors (Lipinski definition) is 2. The maximum absolute atomic E-state index is 12.0. The van der Waals surface area contributed by atoms with Crippen LogP contribution in [-0.4, -0.2) is 11.0 Å². The first-order valence-electron chi connectivity index (χ1n) is 7.10. The third-order valence-corrected chi connectivity index (χ3v) is 3.52. The largest absolute Gasteiger partial charge is 0.392 e. The van der Waals surface area contributed by atoms with Gasteiger partial charge in [-0.1, -0.05) is 48.0 Å². The fraction of sp³-hybridized carbons (Fsp3) is 0.278. The Morgan fingerprint density at radius 3 is 2.62 bits per heavy atom. The molecule has 0 aliphatic carbocycles. The molecule has 0 atom stereocenters. The van der Waals surface area contributed by atoms with Crippen LogP contribution >= 0.6 is 0 Å². The Balaban J connectivity index is 1.94. The van der Waals surface area contributed by atoms with Gasteiger partial charge >= 0.3 is 0 Å². The van der Waals surface area contributed by atoms with Gasteiger partial charge in [-0.2, -0.15) is 0 Å². The van der Waals surface area contributed by atoms with Crippen LogP contribution < -0.4 is 5.32 Å². The van der Waals surface area contributed by atoms with Crippen LogP contribution in [-0.2, 0) is 24.4 Å². The molecular weight excluding hydrogens is 262 g/mol. The molecule has 0 fully saturated rings. The molecule has 0 aliphatic heterocycles. The molecule has 2 aromatic carbocycles. The Morgan fingerprint density at radius 2 is 1.86 bits per heavy atom. The van der Waals surface area contributed by atoms with Crippen molar-refractivity contribution in [2.45, 2.75) is 33.4 Å². The van der Waals surface area contributed by atoms with Crippen LogP contribution in [0.1, 0.15) is 27.8 Å². The van der Waals surface area contributed by atoms with Crippen molar-refractivity contribution in [3.63, 3.8) is 0 Å². The van der Waals surface area contributed by atoms with Gasteiger partial charge in [-0.05, 0) is 36.1 Å². The molecule has 21 heavy (non-hydrogen) atoms. The smallest absolute Gasteiger partial charge is 0.224 e. The number of nitrogens with one attached hydrogen (secondary N) is 1. The summed E-state index contributed by atoms with van der Waals surface area (Å²) in [5.41, 5.74) is 5.22. The van der Waals surface area contributed by atoms with Gasteiger partial charge in [-0.3, -0.25) is 4.79 Å². The number of hydrogen-bond donors (Lipinski definition) is 2. The molecule has 110 valence electrons. The number of aryl methyl sites for hydroxylation is 2. The molecule has 3 heteroatoms. The number of carbonyl (C=O) groups excluding carboxylic acids is 1. The van der Waals surface area contributed by atoms with Crippen LogP contribution in [0.15, 0.2) is 42.5 Å². The van der Waals surface area contributed by atoms with Gasteiger partial charge < -0.3 is 10.4 Å². The topological polar surface area (TPSA) is 49.3 Å². The first kappa shape index (κ1) is 15.3. The van der Waals surface area contributed by atoms with Crippen molar-refractivity contribution in [3.05, 3.63) is 70.3 Å². The second-order valence-corrected chi connectivity index (χ2v) is 5.36. The normalized spacial score (nSPS) is 10.4. The highest BCUT2D eigenvalue weighted by molar-refractivity contribution is 5.79. The molecule has 2 rings (SSSR count). The lowest BCUT2D eigenvalue weighted by Gasteiger charge is -2.09. The molecule has 0 saturated carbocycles. The first-order chi connectivity index (χ1) is 10.1. The van der Waals surface area contributed by atoms with E-state index >= 15 is 0 Å². The summed E-state index contributed by atoms with van der Waals surface area (Å²) in [6.07, 6.45) is 0.396. The number of aliphatic hydroxyl groups is 1. The van der Waals surface area contributed by atoms with E-state index in [1.807, 2.05) is 44.2 Å². The van der Waals surface area contributed by atoms with E-state index in [9.17, 15) is 4.79 Å². The van der Waals surface area contributed by atoms with E-state index < -0.39 is 0 Å². The van der Waals surface area contributed by atoms with E-state index in [1.54, 1.807) is 0 Å². The fourth-order valence-corrected chi connectivity index (χ4v) is 2.26. The van der Waals surface area contributed by atoms with Gasteiger partial charge in [-0.15, -0.1) is 0 Å². The summed E-state index contributed by atoms with van der Waals surface area (Å²) in [5, 5.41) is 12.0. The predicted molar refractivity (Wildman–Crippen MR) is 83.8 cm³/mol. The molecule has 3 nitrogen and oxygen atoms in total. The van der Waals surface area contributed by atoms with Crippen LogP contribution in [0.5, 0.6) is 0 Å². The van der Waals surface area contributed by atoms with Crippen LogP contribution in [0, 0.1) is 13.8 Å². The average molecular weight is 283 g/mol. The third-order valence-electron chi connectivity index (χ3n) is 3.52. The quantitative estimate of drug-likeness (QED) is 0.886. The average Bonchev–Trinajstić information content (AvgIpc) is 2.49. The van der Waals surface area contributed by atoms with Crippen molar-refractivity contribution in [2.24, 2.45) is 0 Å². The van der Waals surface area contributed by atoms with Crippen LogP contribution in [0.25, 0.3) is 0 Å². The zero-order chi connectivity index (χ0) is 15.2. The van der Waals surface area contributed by atoms with Gasteiger partial charge in [0.15, 0.2) is 0 Å². The Labute approximate surface area is 125 Å². The summed E-state index contributed by atoms with van der Waals surface area (Å²) in [6, 6.07) is 13.7. The predicted octanol–water partition coefficient (Wildman–Crippen LogP) is 2.65. The summed E-state index contributed by atoms with van der Waals surface area (Å²) < 4.78 is 0. The molecular formula is C18H21NO2. The Morgan fingerprint density at radius 1 is 1.10 bits per heavy atom. The molecule has 0 aliphatic rings. The summed E-state index contributed by atoms with van der Waals surface area (Å²) in [4.78, 5) is 12.0. The summed E-state index contributed by atoms with van der Waals surface area (Å²) in [5.74, 6) is 0.0121. The van der Waals surface area contributed by atoms with Gasteiger partial charge in [0, 0.05) is 6.54 Å². The molecule has 0 unspecified atom stereocenters. The van der Waals surface area contributed by atoms with E-state index in [1.165, 1.54) is 5.56 Å². The van der Waals surface area contributed by atoms with Crippen LogP contribution in [0.2, 0.25) is 0 Å². The molecule has 0 saturated heterocycles. The first-order valence-corrected chi connectivity index (χ1v) is 7.10. The van der Waals surface area contributed by atoms with Gasteiger partial charge in [0.05, 0.1) is 13.0 Å². The third kappa shape index (κ3) is 4.43. The minimum Gasteiger partial charge on any atom is -0.392 e. The van der Waals surface area contributed by atoms with Gasteiger partial charge in [-0.25, -0.2) is 0 Å². The summed E-state index contributed by atoms with van der Waals surface area (Å²) >= 11 is 0. The van der Waals surface area contributed by atoms with Crippen molar-refractivity contribution in [1.29, 1.82) is 0 Å². The molecule has 0 radical (unpaired) electrons. The lowest BCUT2D eigenvalue weighted by Crippen LogP contribution is -2.24. The van der Waals surface area contributed by atoms with Crippen molar-refractivity contribution in [1.82, 2.24) is 5.32 Å². The Hall–Kier alpha value is -2.13. The van der Waals surface area contributed by atoms with Crippen LogP contribution in [0.4, 0.5) is 0 Å². The van der Waals surface area contributed by atoms with Gasteiger partial charge in [0.2, 0.25) is 5.91 Å². The highest BCUT2D eigenvalue weighted by Gasteiger charge is 2.06. The summed E-state index contributed by atoms with van der Waals surface area (Å²) in [7, 11) is 0. The van der Waals surface area contributed by atoms with Gasteiger partial charge in [0.1, 0.15) is 0 Å². The second kappa shape index (κ2) is 7.04. The minimum atomic E-state index is 0.0121. The van der Waals surface area contributed by atoms with Crippen LogP contribution in [0.3, 0.4) is 0 Å². The minimum absolute atomic E-state index is 0.0121. The van der Waals surface area contributed by atoms with Gasteiger partial charge in [0.25, 0.3) is 0 Å². The maximum Gasteiger partial charge on any atom is 0.224 e. The van der Waals surface area contributed by atoms with E-state index in [2.05, 4.69) is 17.4 Å².